The van der Waals surface area contributed by atoms with E-state index in [1.54, 1.807) is 13.3 Å². The molecular weight excluding hydrogens is 356 g/mol. The van der Waals surface area contributed by atoms with E-state index in [2.05, 4.69) is 10.4 Å². The van der Waals surface area contributed by atoms with Crippen LogP contribution in [0, 0.1) is 13.8 Å². The first-order valence-corrected chi connectivity index (χ1v) is 8.90. The molecule has 142 valence electrons. The minimum atomic E-state index is -0.300. The molecule has 0 radical (unpaired) electrons. The van der Waals surface area contributed by atoms with Crippen LogP contribution in [0.5, 0.6) is 5.75 Å². The molecule has 0 fully saturated rings. The number of rotatable bonds is 5. The average molecular weight is 376 g/mol. The lowest BCUT2D eigenvalue weighted by atomic mass is 10.1. The van der Waals surface area contributed by atoms with Gasteiger partial charge in [0, 0.05) is 18.2 Å². The molecule has 0 N–H and O–H groups in total. The molecule has 0 unspecified atom stereocenters. The van der Waals surface area contributed by atoms with Gasteiger partial charge in [-0.1, -0.05) is 12.1 Å². The summed E-state index contributed by atoms with van der Waals surface area (Å²) in [5, 5.41) is 7.75. The second-order valence-corrected chi connectivity index (χ2v) is 6.62. The first kappa shape index (κ1) is 17.8. The van der Waals surface area contributed by atoms with Crippen molar-refractivity contribution < 1.29 is 9.15 Å². The second-order valence-electron chi connectivity index (χ2n) is 6.62. The quantitative estimate of drug-likeness (QED) is 0.533. The molecule has 0 aliphatic heterocycles. The standard InChI is InChI=1S/C21H20N4O3/c1-14-6-4-7-18(25-21(26)24(3)22-23-25)17(14)13-28-19-10-9-16(12-15(19)2)20-8-5-11-27-20/h4-12H,13H2,1-3H3. The summed E-state index contributed by atoms with van der Waals surface area (Å²) in [7, 11) is 1.57. The van der Waals surface area contributed by atoms with Crippen molar-refractivity contribution in [2.75, 3.05) is 0 Å². The van der Waals surface area contributed by atoms with Crippen molar-refractivity contribution in [1.29, 1.82) is 0 Å². The van der Waals surface area contributed by atoms with Crippen LogP contribution in [0.4, 0.5) is 0 Å². The van der Waals surface area contributed by atoms with Crippen molar-refractivity contribution in [3.05, 3.63) is 82.0 Å². The Labute approximate surface area is 161 Å². The topological polar surface area (TPSA) is 75.1 Å². The van der Waals surface area contributed by atoms with Gasteiger partial charge in [0.05, 0.1) is 12.0 Å². The lowest BCUT2D eigenvalue weighted by Gasteiger charge is -2.14. The van der Waals surface area contributed by atoms with Crippen LogP contribution in [0.15, 0.2) is 64.0 Å². The van der Waals surface area contributed by atoms with Crippen molar-refractivity contribution in [2.45, 2.75) is 20.5 Å². The van der Waals surface area contributed by atoms with Gasteiger partial charge in [0.25, 0.3) is 0 Å². The average Bonchev–Trinajstić information content (AvgIpc) is 3.33. The van der Waals surface area contributed by atoms with E-state index in [9.17, 15) is 4.79 Å². The number of nitrogens with zero attached hydrogens (tertiary/aromatic N) is 4. The summed E-state index contributed by atoms with van der Waals surface area (Å²) in [6.45, 7) is 4.29. The molecule has 0 spiro atoms. The molecule has 0 aliphatic rings. The minimum absolute atomic E-state index is 0.300. The highest BCUT2D eigenvalue weighted by atomic mass is 16.5. The molecule has 0 bridgehead atoms. The zero-order valence-electron chi connectivity index (χ0n) is 15.9. The van der Waals surface area contributed by atoms with Crippen LogP contribution in [0.25, 0.3) is 17.0 Å². The molecule has 4 rings (SSSR count). The third kappa shape index (κ3) is 3.22. The van der Waals surface area contributed by atoms with Crippen LogP contribution in [0.3, 0.4) is 0 Å². The maximum absolute atomic E-state index is 12.3. The fourth-order valence-electron chi connectivity index (χ4n) is 3.10. The number of furan rings is 1. The van der Waals surface area contributed by atoms with Gasteiger partial charge >= 0.3 is 5.69 Å². The van der Waals surface area contributed by atoms with Gasteiger partial charge in [0.2, 0.25) is 0 Å². The first-order chi connectivity index (χ1) is 13.5. The Balaban J connectivity index is 1.62. The van der Waals surface area contributed by atoms with E-state index in [-0.39, 0.29) is 5.69 Å². The Morgan fingerprint density at radius 3 is 2.57 bits per heavy atom. The molecule has 0 amide bonds. The van der Waals surface area contributed by atoms with Gasteiger partial charge in [-0.05, 0) is 71.8 Å². The van der Waals surface area contributed by atoms with Gasteiger partial charge in [-0.2, -0.15) is 9.36 Å². The molecule has 28 heavy (non-hydrogen) atoms. The van der Waals surface area contributed by atoms with Crippen LogP contribution >= 0.6 is 0 Å². The molecule has 2 aromatic heterocycles. The summed E-state index contributed by atoms with van der Waals surface area (Å²) in [4.78, 5) is 12.3. The molecule has 2 heterocycles. The SMILES string of the molecule is Cc1cc(-c2ccco2)ccc1OCc1c(C)cccc1-n1nnn(C)c1=O. The molecule has 7 heteroatoms. The summed E-state index contributed by atoms with van der Waals surface area (Å²) >= 11 is 0. The number of benzene rings is 2. The molecule has 2 aromatic carbocycles. The van der Waals surface area contributed by atoms with Gasteiger partial charge < -0.3 is 9.15 Å². The lowest BCUT2D eigenvalue weighted by molar-refractivity contribution is 0.302. The molecular formula is C21H20N4O3. The second kappa shape index (κ2) is 7.19. The number of hydrogen-bond donors (Lipinski definition) is 0. The zero-order valence-corrected chi connectivity index (χ0v) is 15.9. The van der Waals surface area contributed by atoms with Crippen molar-refractivity contribution in [2.24, 2.45) is 7.05 Å². The van der Waals surface area contributed by atoms with E-state index in [0.717, 1.165) is 33.8 Å². The molecule has 0 saturated carbocycles. The third-order valence-corrected chi connectivity index (χ3v) is 4.69. The Bertz CT molecular complexity index is 1170. The normalized spacial score (nSPS) is 11.0. The lowest BCUT2D eigenvalue weighted by Crippen LogP contribution is -2.23. The molecule has 7 nitrogen and oxygen atoms in total. The van der Waals surface area contributed by atoms with Gasteiger partial charge in [0.15, 0.2) is 0 Å². The monoisotopic (exact) mass is 376 g/mol. The summed E-state index contributed by atoms with van der Waals surface area (Å²) < 4.78 is 14.0. The van der Waals surface area contributed by atoms with Crippen molar-refractivity contribution >= 4 is 0 Å². The molecule has 0 aliphatic carbocycles. The third-order valence-electron chi connectivity index (χ3n) is 4.69. The van der Waals surface area contributed by atoms with Crippen LogP contribution < -0.4 is 10.4 Å². The maximum Gasteiger partial charge on any atom is 0.368 e. The fourth-order valence-corrected chi connectivity index (χ4v) is 3.10. The number of aromatic nitrogens is 4. The Morgan fingerprint density at radius 2 is 1.89 bits per heavy atom. The van der Waals surface area contributed by atoms with Gasteiger partial charge in [-0.3, -0.25) is 0 Å². The number of hydrogen-bond acceptors (Lipinski definition) is 5. The Kier molecular flexibility index (Phi) is 4.57. The van der Waals surface area contributed by atoms with Crippen molar-refractivity contribution in [3.8, 4) is 22.8 Å². The molecule has 4 aromatic rings. The van der Waals surface area contributed by atoms with Gasteiger partial charge in [-0.15, -0.1) is 0 Å². The minimum Gasteiger partial charge on any atom is -0.489 e. The van der Waals surface area contributed by atoms with E-state index < -0.39 is 0 Å². The summed E-state index contributed by atoms with van der Waals surface area (Å²) in [6.07, 6.45) is 1.66. The highest BCUT2D eigenvalue weighted by molar-refractivity contribution is 5.60. The first-order valence-electron chi connectivity index (χ1n) is 8.90. The van der Waals surface area contributed by atoms with Crippen LogP contribution in [-0.4, -0.2) is 19.8 Å². The number of tetrazole rings is 1. The van der Waals surface area contributed by atoms with E-state index in [1.807, 2.05) is 62.4 Å². The van der Waals surface area contributed by atoms with Gasteiger partial charge in [-0.25, -0.2) is 4.79 Å². The predicted octanol–water partition coefficient (Wildman–Crippen LogP) is 3.42. The summed E-state index contributed by atoms with van der Waals surface area (Å²) in [5.41, 5.74) is 4.27. The van der Waals surface area contributed by atoms with Crippen molar-refractivity contribution in [1.82, 2.24) is 19.8 Å². The van der Waals surface area contributed by atoms with Gasteiger partial charge in [0.1, 0.15) is 18.1 Å². The smallest absolute Gasteiger partial charge is 0.368 e. The largest absolute Gasteiger partial charge is 0.489 e. The van der Waals surface area contributed by atoms with Crippen LogP contribution in [0.1, 0.15) is 16.7 Å². The zero-order chi connectivity index (χ0) is 19.7. The van der Waals surface area contributed by atoms with Crippen LogP contribution in [0.2, 0.25) is 0 Å². The predicted molar refractivity (Wildman–Crippen MR) is 105 cm³/mol. The maximum atomic E-state index is 12.3. The van der Waals surface area contributed by atoms with E-state index in [0.29, 0.717) is 12.3 Å². The fraction of sp³-hybridized carbons (Fsp3) is 0.190. The molecule has 0 atom stereocenters. The summed E-state index contributed by atoms with van der Waals surface area (Å²) in [5.74, 6) is 1.59. The van der Waals surface area contributed by atoms with Crippen molar-refractivity contribution in [3.63, 3.8) is 0 Å². The summed E-state index contributed by atoms with van der Waals surface area (Å²) in [6, 6.07) is 15.4. The Morgan fingerprint density at radius 1 is 1.04 bits per heavy atom. The highest BCUT2D eigenvalue weighted by Crippen LogP contribution is 2.28. The van der Waals surface area contributed by atoms with E-state index >= 15 is 0 Å². The number of aryl methyl sites for hydroxylation is 3. The number of ether oxygens (including phenoxy) is 1. The molecule has 0 saturated heterocycles. The Hall–Kier alpha value is -3.61. The van der Waals surface area contributed by atoms with E-state index in [1.165, 1.54) is 9.36 Å². The van der Waals surface area contributed by atoms with E-state index in [4.69, 9.17) is 9.15 Å². The highest BCUT2D eigenvalue weighted by Gasteiger charge is 2.14. The van der Waals surface area contributed by atoms with Crippen LogP contribution in [-0.2, 0) is 13.7 Å².